The summed E-state index contributed by atoms with van der Waals surface area (Å²) in [6.07, 6.45) is 3.72. The molecule has 0 nitrogen and oxygen atoms in total. The molecule has 0 spiro atoms. The van der Waals surface area contributed by atoms with E-state index in [1.165, 1.54) is 19.3 Å². The topological polar surface area (TPSA) is 0 Å². The molecule has 61 valence electrons. The van der Waals surface area contributed by atoms with Crippen LogP contribution >= 0.6 is 11.1 Å². The largest absolute Gasteiger partial charge is 0.176 e. The molecule has 1 radical (unpaired) electrons. The van der Waals surface area contributed by atoms with Gasteiger partial charge in [0, 0.05) is 0 Å². The summed E-state index contributed by atoms with van der Waals surface area (Å²) in [5.41, 5.74) is 0.802. The summed E-state index contributed by atoms with van der Waals surface area (Å²) in [4.78, 5) is 0. The van der Waals surface area contributed by atoms with Crippen molar-refractivity contribution >= 4 is 19.9 Å². The molecule has 0 saturated carbocycles. The molecule has 1 atom stereocenters. The highest BCUT2D eigenvalue weighted by atomic mass is 35.6. The predicted molar refractivity (Wildman–Crippen MR) is 52.3 cm³/mol. The molecular formula is C8H18ClSi. The van der Waals surface area contributed by atoms with Gasteiger partial charge in [-0.1, -0.05) is 27.2 Å². The molecule has 0 fully saturated rings. The summed E-state index contributed by atoms with van der Waals surface area (Å²) >= 11 is 5.94. The van der Waals surface area contributed by atoms with E-state index in [0.29, 0.717) is 0 Å². The second-order valence-corrected chi connectivity index (χ2v) is 4.84. The second-order valence-electron chi connectivity index (χ2n) is 2.62. The minimum atomic E-state index is -0.306. The Morgan fingerprint density at radius 3 is 1.90 bits per heavy atom. The van der Waals surface area contributed by atoms with Gasteiger partial charge in [-0.05, 0) is 24.3 Å². The third-order valence-electron chi connectivity index (χ3n) is 2.16. The zero-order chi connectivity index (χ0) is 7.98. The van der Waals surface area contributed by atoms with Crippen molar-refractivity contribution in [3.63, 3.8) is 0 Å². The summed E-state index contributed by atoms with van der Waals surface area (Å²) in [5, 5.41) is 0. The molecule has 1 unspecified atom stereocenters. The lowest BCUT2D eigenvalue weighted by atomic mass is 9.97. The Morgan fingerprint density at radius 2 is 1.80 bits per heavy atom. The lowest BCUT2D eigenvalue weighted by Gasteiger charge is -2.20. The minimum absolute atomic E-state index is 0.306. The Bertz CT molecular complexity index is 57.7. The molecule has 0 amide bonds. The fraction of sp³-hybridized carbons (Fsp3) is 0.875. The van der Waals surface area contributed by atoms with Crippen molar-refractivity contribution in [3.8, 4) is 0 Å². The van der Waals surface area contributed by atoms with Gasteiger partial charge in [0.15, 0.2) is 0 Å². The highest BCUT2D eigenvalue weighted by Crippen LogP contribution is 2.29. The van der Waals surface area contributed by atoms with E-state index in [4.69, 9.17) is 11.1 Å². The molecule has 0 aromatic heterocycles. The first-order valence-electron chi connectivity index (χ1n) is 4.20. The van der Waals surface area contributed by atoms with Gasteiger partial charge in [-0.3, -0.25) is 0 Å². The van der Waals surface area contributed by atoms with Crippen molar-refractivity contribution < 1.29 is 0 Å². The summed E-state index contributed by atoms with van der Waals surface area (Å²) in [6, 6.07) is 0. The van der Waals surface area contributed by atoms with Gasteiger partial charge in [0.05, 0.1) is 0 Å². The number of hydrogen-bond donors (Lipinski definition) is 0. The van der Waals surface area contributed by atoms with Crippen LogP contribution in [0.2, 0.25) is 5.54 Å². The monoisotopic (exact) mass is 177 g/mol. The first kappa shape index (κ1) is 10.5. The average molecular weight is 178 g/mol. The third-order valence-corrected chi connectivity index (χ3v) is 4.81. The highest BCUT2D eigenvalue weighted by molar-refractivity contribution is 6.94. The van der Waals surface area contributed by atoms with Crippen molar-refractivity contribution in [1.29, 1.82) is 0 Å². The van der Waals surface area contributed by atoms with E-state index in [9.17, 15) is 0 Å². The molecule has 0 N–H and O–H groups in total. The normalized spacial score (nSPS) is 15.3. The molecule has 0 saturated heterocycles. The van der Waals surface area contributed by atoms with Crippen LogP contribution in [0.15, 0.2) is 0 Å². The van der Waals surface area contributed by atoms with Crippen molar-refractivity contribution in [2.75, 3.05) is 0 Å². The lowest BCUT2D eigenvalue weighted by Crippen LogP contribution is -2.07. The maximum absolute atomic E-state index is 5.94. The van der Waals surface area contributed by atoms with Crippen LogP contribution in [0.4, 0.5) is 0 Å². The first-order valence-corrected chi connectivity index (χ1v) is 7.16. The van der Waals surface area contributed by atoms with Gasteiger partial charge in [0.2, 0.25) is 0 Å². The van der Waals surface area contributed by atoms with Crippen molar-refractivity contribution in [2.24, 2.45) is 0 Å². The van der Waals surface area contributed by atoms with Gasteiger partial charge in [0.25, 0.3) is 0 Å². The van der Waals surface area contributed by atoms with Gasteiger partial charge >= 0.3 is 0 Å². The fourth-order valence-corrected chi connectivity index (χ4v) is 3.66. The molecule has 0 bridgehead atoms. The summed E-state index contributed by atoms with van der Waals surface area (Å²) in [7, 11) is -0.306. The molecule has 0 aromatic carbocycles. The SMILES string of the molecule is CC[C](CC)C(CC)[SiH2]Cl. The first-order chi connectivity index (χ1) is 4.79. The van der Waals surface area contributed by atoms with E-state index < -0.39 is 0 Å². The van der Waals surface area contributed by atoms with Crippen LogP contribution in [0.1, 0.15) is 40.0 Å². The van der Waals surface area contributed by atoms with E-state index in [2.05, 4.69) is 20.8 Å². The van der Waals surface area contributed by atoms with Crippen LogP contribution in [-0.4, -0.2) is 8.83 Å². The molecule has 2 heteroatoms. The molecule has 0 aliphatic heterocycles. The van der Waals surface area contributed by atoms with E-state index in [-0.39, 0.29) is 8.83 Å². The fourth-order valence-electron chi connectivity index (χ4n) is 1.33. The highest BCUT2D eigenvalue weighted by Gasteiger charge is 2.15. The van der Waals surface area contributed by atoms with E-state index in [1.54, 1.807) is 5.92 Å². The molecule has 0 rings (SSSR count). The van der Waals surface area contributed by atoms with Crippen LogP contribution in [0.3, 0.4) is 0 Å². The zero-order valence-corrected chi connectivity index (χ0v) is 9.45. The van der Waals surface area contributed by atoms with Gasteiger partial charge in [0.1, 0.15) is 8.83 Å². The van der Waals surface area contributed by atoms with Crippen LogP contribution < -0.4 is 0 Å². The maximum Gasteiger partial charge on any atom is 0.128 e. The maximum atomic E-state index is 5.94. The standard InChI is InChI=1S/C8H18ClSi/c1-4-7(5-2)8(6-3)10-9/h8H,4-6,10H2,1-3H3. The quantitative estimate of drug-likeness (QED) is 0.448. The Hall–Kier alpha value is 0.507. The average Bonchev–Trinajstić information content (AvgIpc) is 2.00. The number of hydrogen-bond acceptors (Lipinski definition) is 0. The van der Waals surface area contributed by atoms with Gasteiger partial charge in [-0.25, -0.2) is 0 Å². The Kier molecular flexibility index (Phi) is 6.55. The Labute approximate surface area is 71.9 Å². The minimum Gasteiger partial charge on any atom is -0.176 e. The predicted octanol–water partition coefficient (Wildman–Crippen LogP) is 2.90. The summed E-state index contributed by atoms with van der Waals surface area (Å²) in [6.45, 7) is 6.72. The lowest BCUT2D eigenvalue weighted by molar-refractivity contribution is 0.685. The second kappa shape index (κ2) is 6.23. The third kappa shape index (κ3) is 3.06. The van der Waals surface area contributed by atoms with E-state index in [1.807, 2.05) is 0 Å². The molecule has 0 aliphatic carbocycles. The van der Waals surface area contributed by atoms with Gasteiger partial charge in [-0.2, -0.15) is 11.1 Å². The molecule has 0 aliphatic rings. The van der Waals surface area contributed by atoms with Gasteiger partial charge in [-0.15, -0.1) is 0 Å². The van der Waals surface area contributed by atoms with Crippen LogP contribution in [0.5, 0.6) is 0 Å². The smallest absolute Gasteiger partial charge is 0.128 e. The van der Waals surface area contributed by atoms with Crippen LogP contribution in [-0.2, 0) is 0 Å². The van der Waals surface area contributed by atoms with Crippen molar-refractivity contribution in [2.45, 2.75) is 45.6 Å². The Morgan fingerprint density at radius 1 is 1.30 bits per heavy atom. The van der Waals surface area contributed by atoms with Crippen LogP contribution in [0.25, 0.3) is 0 Å². The molecule has 10 heavy (non-hydrogen) atoms. The van der Waals surface area contributed by atoms with E-state index >= 15 is 0 Å². The van der Waals surface area contributed by atoms with Crippen molar-refractivity contribution in [3.05, 3.63) is 5.92 Å². The van der Waals surface area contributed by atoms with E-state index in [0.717, 1.165) is 5.54 Å². The zero-order valence-electron chi connectivity index (χ0n) is 7.28. The van der Waals surface area contributed by atoms with Crippen molar-refractivity contribution in [1.82, 2.24) is 0 Å². The van der Waals surface area contributed by atoms with Gasteiger partial charge < -0.3 is 0 Å². The molecular weight excluding hydrogens is 160 g/mol. The summed E-state index contributed by atoms with van der Waals surface area (Å²) < 4.78 is 0. The molecule has 0 heterocycles. The van der Waals surface area contributed by atoms with Crippen LogP contribution in [0, 0.1) is 5.92 Å². The number of halogens is 1. The molecule has 0 aromatic rings. The summed E-state index contributed by atoms with van der Waals surface area (Å²) in [5.74, 6) is 1.68. The Balaban J connectivity index is 3.70. The number of rotatable bonds is 5.